The molecule has 120 valence electrons. The van der Waals surface area contributed by atoms with E-state index < -0.39 is 0 Å². The summed E-state index contributed by atoms with van der Waals surface area (Å²) in [4.78, 5) is 10.8. The molecule has 2 N–H and O–H groups in total. The van der Waals surface area contributed by atoms with Gasteiger partial charge in [0, 0.05) is 40.5 Å². The van der Waals surface area contributed by atoms with E-state index in [0.29, 0.717) is 13.2 Å². The van der Waals surface area contributed by atoms with Gasteiger partial charge in [0.25, 0.3) is 0 Å². The number of methoxy groups -OCH3 is 1. The van der Waals surface area contributed by atoms with Crippen molar-refractivity contribution in [1.29, 1.82) is 0 Å². The number of anilines is 1. The van der Waals surface area contributed by atoms with Gasteiger partial charge in [0.2, 0.25) is 0 Å². The second-order valence-corrected chi connectivity index (χ2v) is 4.53. The summed E-state index contributed by atoms with van der Waals surface area (Å²) < 4.78 is 5.02. The van der Waals surface area contributed by atoms with Crippen molar-refractivity contribution < 1.29 is 4.74 Å². The Balaban J connectivity index is 0.00000400. The molecule has 21 heavy (non-hydrogen) atoms. The highest BCUT2D eigenvalue weighted by molar-refractivity contribution is 14.0. The molecule has 1 aromatic rings. The first kappa shape index (κ1) is 19.9. The van der Waals surface area contributed by atoms with Crippen molar-refractivity contribution in [2.45, 2.75) is 13.5 Å². The predicted molar refractivity (Wildman–Crippen MR) is 98.7 cm³/mol. The molecule has 0 saturated carbocycles. The normalized spacial score (nSPS) is 10.8. The number of pyridine rings is 1. The molecule has 0 fully saturated rings. The number of aliphatic imine (C=N–C) groups is 1. The molecule has 0 spiro atoms. The van der Waals surface area contributed by atoms with Crippen LogP contribution in [0.4, 0.5) is 5.82 Å². The summed E-state index contributed by atoms with van der Waals surface area (Å²) in [5.74, 6) is 1.74. The van der Waals surface area contributed by atoms with Gasteiger partial charge in [-0.15, -0.1) is 24.0 Å². The van der Waals surface area contributed by atoms with E-state index in [1.54, 1.807) is 7.11 Å². The quantitative estimate of drug-likeness (QED) is 0.310. The monoisotopic (exact) mass is 407 g/mol. The molecule has 0 aliphatic rings. The molecule has 0 radical (unpaired) electrons. The Labute approximate surface area is 144 Å². The molecule has 0 unspecified atom stereocenters. The van der Waals surface area contributed by atoms with E-state index in [9.17, 15) is 0 Å². The number of hydrogen-bond donors (Lipinski definition) is 2. The Bertz CT molecular complexity index is 426. The van der Waals surface area contributed by atoms with Crippen molar-refractivity contribution in [3.63, 3.8) is 0 Å². The molecule has 1 heterocycles. The molecule has 0 aliphatic carbocycles. The summed E-state index contributed by atoms with van der Waals surface area (Å²) in [5.41, 5.74) is 1.13. The van der Waals surface area contributed by atoms with Gasteiger partial charge < -0.3 is 20.3 Å². The van der Waals surface area contributed by atoms with Crippen molar-refractivity contribution in [2.75, 3.05) is 45.8 Å². The molecule has 0 saturated heterocycles. The summed E-state index contributed by atoms with van der Waals surface area (Å²) >= 11 is 0. The lowest BCUT2D eigenvalue weighted by Crippen LogP contribution is -2.38. The smallest absolute Gasteiger partial charge is 0.191 e. The number of aromatic nitrogens is 1. The van der Waals surface area contributed by atoms with Crippen molar-refractivity contribution >= 4 is 35.8 Å². The average Bonchev–Trinajstić information content (AvgIpc) is 2.45. The summed E-state index contributed by atoms with van der Waals surface area (Å²) in [5, 5.41) is 6.42. The van der Waals surface area contributed by atoms with Gasteiger partial charge in [-0.1, -0.05) is 0 Å². The van der Waals surface area contributed by atoms with Gasteiger partial charge in [0.05, 0.1) is 13.2 Å². The summed E-state index contributed by atoms with van der Waals surface area (Å²) in [6.07, 6.45) is 1.81. The van der Waals surface area contributed by atoms with Crippen LogP contribution in [0, 0.1) is 0 Å². The average molecular weight is 407 g/mol. The minimum atomic E-state index is 0. The van der Waals surface area contributed by atoms with Crippen LogP contribution in [-0.2, 0) is 11.3 Å². The third-order valence-corrected chi connectivity index (χ3v) is 2.63. The highest BCUT2D eigenvalue weighted by atomic mass is 127. The van der Waals surface area contributed by atoms with Gasteiger partial charge in [0.15, 0.2) is 5.96 Å². The van der Waals surface area contributed by atoms with Gasteiger partial charge >= 0.3 is 0 Å². The third kappa shape index (κ3) is 8.05. The SMILES string of the molecule is CCNC(=NCc1ccnc(N(C)C)c1)NCCOC.I. The van der Waals surface area contributed by atoms with Crippen molar-refractivity contribution in [3.8, 4) is 0 Å². The number of nitrogens with zero attached hydrogens (tertiary/aromatic N) is 3. The van der Waals surface area contributed by atoms with Crippen molar-refractivity contribution in [3.05, 3.63) is 23.9 Å². The molecular weight excluding hydrogens is 381 g/mol. The van der Waals surface area contributed by atoms with Crippen LogP contribution in [0.3, 0.4) is 0 Å². The van der Waals surface area contributed by atoms with Crippen LogP contribution in [0.2, 0.25) is 0 Å². The Morgan fingerprint density at radius 3 is 2.76 bits per heavy atom. The molecule has 6 nitrogen and oxygen atoms in total. The molecule has 1 aromatic heterocycles. The summed E-state index contributed by atoms with van der Waals surface area (Å²) in [7, 11) is 5.64. The Morgan fingerprint density at radius 1 is 1.38 bits per heavy atom. The van der Waals surface area contributed by atoms with Crippen molar-refractivity contribution in [2.24, 2.45) is 4.99 Å². The molecule has 0 aromatic carbocycles. The first-order chi connectivity index (χ1) is 9.67. The molecule has 7 heteroatoms. The van der Waals surface area contributed by atoms with E-state index in [4.69, 9.17) is 4.74 Å². The maximum absolute atomic E-state index is 5.02. The van der Waals surface area contributed by atoms with Crippen LogP contribution < -0.4 is 15.5 Å². The Hall–Kier alpha value is -1.09. The number of rotatable bonds is 7. The number of hydrogen-bond acceptors (Lipinski definition) is 4. The maximum Gasteiger partial charge on any atom is 0.191 e. The van der Waals surface area contributed by atoms with Gasteiger partial charge in [-0.25, -0.2) is 9.98 Å². The van der Waals surface area contributed by atoms with Crippen LogP contribution in [0.1, 0.15) is 12.5 Å². The Morgan fingerprint density at radius 2 is 2.14 bits per heavy atom. The topological polar surface area (TPSA) is 61.8 Å². The van der Waals surface area contributed by atoms with Gasteiger partial charge in [-0.05, 0) is 24.6 Å². The number of halogens is 1. The molecule has 1 rings (SSSR count). The summed E-state index contributed by atoms with van der Waals surface area (Å²) in [6.45, 7) is 4.89. The lowest BCUT2D eigenvalue weighted by atomic mass is 10.2. The molecule has 0 atom stereocenters. The van der Waals surface area contributed by atoms with E-state index >= 15 is 0 Å². The predicted octanol–water partition coefficient (Wildman–Crippen LogP) is 1.47. The molecule has 0 aliphatic heterocycles. The van der Waals surface area contributed by atoms with Crippen LogP contribution in [0.15, 0.2) is 23.3 Å². The fourth-order valence-corrected chi connectivity index (χ4v) is 1.59. The van der Waals surface area contributed by atoms with E-state index in [-0.39, 0.29) is 24.0 Å². The fourth-order valence-electron chi connectivity index (χ4n) is 1.59. The zero-order valence-corrected chi connectivity index (χ0v) is 15.5. The van der Waals surface area contributed by atoms with E-state index in [1.165, 1.54) is 0 Å². The van der Waals surface area contributed by atoms with Gasteiger partial charge in [-0.3, -0.25) is 0 Å². The zero-order chi connectivity index (χ0) is 14.8. The second-order valence-electron chi connectivity index (χ2n) is 4.53. The lowest BCUT2D eigenvalue weighted by Gasteiger charge is -2.13. The minimum Gasteiger partial charge on any atom is -0.383 e. The van der Waals surface area contributed by atoms with Gasteiger partial charge in [0.1, 0.15) is 5.82 Å². The van der Waals surface area contributed by atoms with Crippen molar-refractivity contribution in [1.82, 2.24) is 15.6 Å². The standard InChI is InChI=1S/C14H25N5O.HI/c1-5-15-14(17-8-9-20-4)18-11-12-6-7-16-13(10-12)19(2)3;/h6-7,10H,5,8-9,11H2,1-4H3,(H2,15,17,18);1H. The fraction of sp³-hybridized carbons (Fsp3) is 0.571. The highest BCUT2D eigenvalue weighted by Gasteiger charge is 2.00. The van der Waals surface area contributed by atoms with E-state index in [2.05, 4.69) is 20.6 Å². The number of nitrogens with one attached hydrogen (secondary N) is 2. The van der Waals surface area contributed by atoms with Crippen LogP contribution in [-0.4, -0.2) is 51.8 Å². The van der Waals surface area contributed by atoms with Crippen LogP contribution in [0.25, 0.3) is 0 Å². The first-order valence-corrected chi connectivity index (χ1v) is 6.80. The molecule has 0 bridgehead atoms. The van der Waals surface area contributed by atoms with Gasteiger partial charge in [-0.2, -0.15) is 0 Å². The minimum absolute atomic E-state index is 0. The number of ether oxygens (including phenoxy) is 1. The van der Waals surface area contributed by atoms with E-state index in [1.807, 2.05) is 44.2 Å². The molecular formula is C14H26IN5O. The highest BCUT2D eigenvalue weighted by Crippen LogP contribution is 2.10. The largest absolute Gasteiger partial charge is 0.383 e. The lowest BCUT2D eigenvalue weighted by molar-refractivity contribution is 0.203. The van der Waals surface area contributed by atoms with Crippen LogP contribution in [0.5, 0.6) is 0 Å². The second kappa shape index (κ2) is 11.6. The Kier molecular flexibility index (Phi) is 11.0. The first-order valence-electron chi connectivity index (χ1n) is 6.80. The summed E-state index contributed by atoms with van der Waals surface area (Å²) in [6, 6.07) is 4.03. The molecule has 0 amide bonds. The third-order valence-electron chi connectivity index (χ3n) is 2.63. The maximum atomic E-state index is 5.02. The zero-order valence-electron chi connectivity index (χ0n) is 13.2. The van der Waals surface area contributed by atoms with Crippen LogP contribution >= 0.6 is 24.0 Å². The number of guanidine groups is 1. The van der Waals surface area contributed by atoms with E-state index in [0.717, 1.165) is 30.4 Å².